The van der Waals surface area contributed by atoms with Crippen LogP contribution in [0.2, 0.25) is 0 Å². The van der Waals surface area contributed by atoms with E-state index in [2.05, 4.69) is 0 Å². The number of non-ortho nitro benzene ring substituents is 1. The minimum absolute atomic E-state index is 0. The lowest BCUT2D eigenvalue weighted by molar-refractivity contribution is -0.683. The molecule has 2 aromatic rings. The lowest BCUT2D eigenvalue weighted by Crippen LogP contribution is -3.00. The van der Waals surface area contributed by atoms with Gasteiger partial charge in [0.1, 0.15) is 0 Å². The Labute approximate surface area is 141 Å². The summed E-state index contributed by atoms with van der Waals surface area (Å²) >= 11 is 0. The van der Waals surface area contributed by atoms with Crippen molar-refractivity contribution in [1.82, 2.24) is 5.43 Å². The number of nitrogens with two attached hydrogens (primary N) is 1. The normalized spacial score (nSPS) is 9.61. The topological polar surface area (TPSA) is 119 Å². The van der Waals surface area contributed by atoms with Gasteiger partial charge in [0.2, 0.25) is 12.3 Å². The van der Waals surface area contributed by atoms with E-state index in [1.54, 1.807) is 17.0 Å². The quantitative estimate of drug-likeness (QED) is 0.147. The molecular weight excluding hydrogens is 368 g/mol. The van der Waals surface area contributed by atoms with Crippen molar-refractivity contribution >= 4 is 17.4 Å². The third-order valence-corrected chi connectivity index (χ3v) is 3.01. The van der Waals surface area contributed by atoms with E-state index in [-0.39, 0.29) is 35.0 Å². The maximum absolute atomic E-state index is 12.1. The number of nitrogens with one attached hydrogen (secondary N) is 1. The summed E-state index contributed by atoms with van der Waals surface area (Å²) in [6.45, 7) is 0.0579. The Morgan fingerprint density at radius 1 is 1.09 bits per heavy atom. The predicted octanol–water partition coefficient (Wildman–Crippen LogP) is -2.63. The van der Waals surface area contributed by atoms with E-state index in [1.807, 2.05) is 5.43 Å². The van der Waals surface area contributed by atoms with Gasteiger partial charge in [-0.15, -0.1) is 0 Å². The van der Waals surface area contributed by atoms with Gasteiger partial charge in [0.05, 0.1) is 10.5 Å². The van der Waals surface area contributed by atoms with Crippen molar-refractivity contribution in [3.8, 4) is 0 Å². The second kappa shape index (κ2) is 8.11. The van der Waals surface area contributed by atoms with Crippen LogP contribution in [0.1, 0.15) is 20.7 Å². The van der Waals surface area contributed by atoms with E-state index in [1.165, 1.54) is 36.4 Å². The molecule has 3 N–H and O–H groups in total. The number of amides is 1. The molecule has 120 valence electrons. The molecule has 2 rings (SSSR count). The summed E-state index contributed by atoms with van der Waals surface area (Å²) < 4.78 is 1.59. The van der Waals surface area contributed by atoms with Crippen molar-refractivity contribution < 1.29 is 36.1 Å². The lowest BCUT2D eigenvalue weighted by Gasteiger charge is -2.00. The van der Waals surface area contributed by atoms with E-state index in [0.29, 0.717) is 11.1 Å². The standard InChI is InChI=1S/C14H12N4O4.BrH/c15-16-14(20)11-5-7-17(8-6-11)9-13(19)10-1-3-12(4-2-10)18(21)22;/h1-8,15,20H,9H2;1H. The molecule has 23 heavy (non-hydrogen) atoms. The molecule has 9 heteroatoms. The molecule has 0 unspecified atom stereocenters. The minimum atomic E-state index is -0.524. The highest BCUT2D eigenvalue weighted by molar-refractivity contribution is 5.95. The number of hydrogen-bond acceptors (Lipinski definition) is 5. The number of Topliss-reactive ketones (excluding diaryl/α,β-unsaturated/α-hetero) is 1. The van der Waals surface area contributed by atoms with Gasteiger partial charge in [-0.25, -0.2) is 5.84 Å². The van der Waals surface area contributed by atoms with Crippen LogP contribution in [0, 0.1) is 10.1 Å². The van der Waals surface area contributed by atoms with Crippen molar-refractivity contribution in [2.75, 3.05) is 0 Å². The third kappa shape index (κ3) is 4.66. The van der Waals surface area contributed by atoms with Crippen molar-refractivity contribution in [2.24, 2.45) is 5.84 Å². The number of nitro benzene ring substituents is 1. The molecule has 1 aromatic carbocycles. The Morgan fingerprint density at radius 3 is 2.13 bits per heavy atom. The first-order chi connectivity index (χ1) is 10.5. The van der Waals surface area contributed by atoms with E-state index in [0.717, 1.165) is 0 Å². The summed E-state index contributed by atoms with van der Waals surface area (Å²) in [5.41, 5.74) is 2.70. The van der Waals surface area contributed by atoms with E-state index >= 15 is 0 Å². The van der Waals surface area contributed by atoms with Gasteiger partial charge in [0, 0.05) is 29.8 Å². The van der Waals surface area contributed by atoms with Gasteiger partial charge in [0.15, 0.2) is 12.4 Å². The number of halogens is 1. The fourth-order valence-electron chi connectivity index (χ4n) is 1.82. The number of nitrogen functional groups attached to an aromatic ring is 1. The number of aromatic nitrogens is 1. The average Bonchev–Trinajstić information content (AvgIpc) is 2.54. The number of hydrogen-bond donors (Lipinski definition) is 2. The average molecular weight is 381 g/mol. The fourth-order valence-corrected chi connectivity index (χ4v) is 1.82. The molecule has 0 saturated heterocycles. The summed E-state index contributed by atoms with van der Waals surface area (Å²) in [4.78, 5) is 33.4. The number of ketones is 1. The Balaban J connectivity index is 0.00000264. The van der Waals surface area contributed by atoms with Gasteiger partial charge in [-0.2, -0.15) is 4.57 Å². The summed E-state index contributed by atoms with van der Waals surface area (Å²) in [7, 11) is 0. The zero-order chi connectivity index (χ0) is 16.1. The number of carbonyl (C=O) groups excluding carboxylic acids is 2. The predicted molar refractivity (Wildman–Crippen MR) is 75.7 cm³/mol. The molecule has 0 saturated carbocycles. The van der Waals surface area contributed by atoms with Gasteiger partial charge in [-0.1, -0.05) is 0 Å². The molecular formula is C14H13BrN4O4. The number of hydrazine groups is 1. The van der Waals surface area contributed by atoms with Gasteiger partial charge in [-0.05, 0) is 12.1 Å². The Morgan fingerprint density at radius 2 is 1.65 bits per heavy atom. The van der Waals surface area contributed by atoms with Crippen LogP contribution >= 0.6 is 0 Å². The zero-order valence-corrected chi connectivity index (χ0v) is 13.4. The smallest absolute Gasteiger partial charge is 0.269 e. The Kier molecular flexibility index (Phi) is 6.49. The highest BCUT2D eigenvalue weighted by Gasteiger charge is 2.14. The summed E-state index contributed by atoms with van der Waals surface area (Å²) in [5, 5.41) is 10.6. The second-order valence-corrected chi connectivity index (χ2v) is 4.46. The lowest BCUT2D eigenvalue weighted by atomic mass is 10.1. The molecule has 0 aliphatic rings. The number of carbonyl (C=O) groups is 2. The first kappa shape index (κ1) is 18.4. The first-order valence-corrected chi connectivity index (χ1v) is 6.29. The molecule has 1 amide bonds. The highest BCUT2D eigenvalue weighted by atomic mass is 79.9. The molecule has 0 fully saturated rings. The molecule has 0 atom stereocenters. The molecule has 1 heterocycles. The van der Waals surface area contributed by atoms with Crippen molar-refractivity contribution in [1.29, 1.82) is 0 Å². The van der Waals surface area contributed by atoms with E-state index < -0.39 is 10.8 Å². The van der Waals surface area contributed by atoms with Crippen molar-refractivity contribution in [3.05, 3.63) is 70.0 Å². The third-order valence-electron chi connectivity index (χ3n) is 3.01. The summed E-state index contributed by atoms with van der Waals surface area (Å²) in [5.74, 6) is 4.40. The van der Waals surface area contributed by atoms with Crippen LogP contribution in [0.25, 0.3) is 0 Å². The number of rotatable bonds is 5. The second-order valence-electron chi connectivity index (χ2n) is 4.46. The molecule has 0 bridgehead atoms. The van der Waals surface area contributed by atoms with E-state index in [4.69, 9.17) is 5.84 Å². The van der Waals surface area contributed by atoms with Gasteiger partial charge in [-0.3, -0.25) is 25.1 Å². The van der Waals surface area contributed by atoms with Crippen LogP contribution in [0.4, 0.5) is 5.69 Å². The van der Waals surface area contributed by atoms with Crippen LogP contribution in [0.3, 0.4) is 0 Å². The number of benzene rings is 1. The van der Waals surface area contributed by atoms with Gasteiger partial charge in [0.25, 0.3) is 11.6 Å². The summed E-state index contributed by atoms with van der Waals surface area (Å²) in [6.07, 6.45) is 3.15. The Hall–Kier alpha value is -2.65. The molecule has 0 aliphatic heterocycles. The number of nitro groups is 1. The SMILES string of the molecule is NNC(=O)c1cc[n+](CC(=O)c2ccc([N+](=O)[O-])cc2)cc1.[Br-]. The largest absolute Gasteiger partial charge is 1.00 e. The van der Waals surface area contributed by atoms with Crippen LogP contribution in [0.5, 0.6) is 0 Å². The first-order valence-electron chi connectivity index (χ1n) is 6.29. The van der Waals surface area contributed by atoms with Crippen LogP contribution in [-0.2, 0) is 6.54 Å². The molecule has 0 radical (unpaired) electrons. The summed E-state index contributed by atoms with van der Waals surface area (Å²) in [6, 6.07) is 8.46. The van der Waals surface area contributed by atoms with E-state index in [9.17, 15) is 19.7 Å². The zero-order valence-electron chi connectivity index (χ0n) is 11.8. The van der Waals surface area contributed by atoms with Crippen molar-refractivity contribution in [2.45, 2.75) is 6.54 Å². The van der Waals surface area contributed by atoms with Crippen LogP contribution in [0.15, 0.2) is 48.8 Å². The number of nitrogens with zero attached hydrogens (tertiary/aromatic N) is 2. The molecule has 1 aromatic heterocycles. The number of pyridine rings is 1. The fraction of sp³-hybridized carbons (Fsp3) is 0.0714. The van der Waals surface area contributed by atoms with Crippen LogP contribution < -0.4 is 32.8 Å². The van der Waals surface area contributed by atoms with Gasteiger partial charge < -0.3 is 17.0 Å². The maximum atomic E-state index is 12.1. The maximum Gasteiger partial charge on any atom is 0.269 e. The van der Waals surface area contributed by atoms with Crippen LogP contribution in [-0.4, -0.2) is 16.6 Å². The molecule has 8 nitrogen and oxygen atoms in total. The molecule has 0 spiro atoms. The van der Waals surface area contributed by atoms with Crippen molar-refractivity contribution in [3.63, 3.8) is 0 Å². The monoisotopic (exact) mass is 380 g/mol. The minimum Gasteiger partial charge on any atom is -1.00 e. The van der Waals surface area contributed by atoms with Gasteiger partial charge >= 0.3 is 0 Å². The molecule has 0 aliphatic carbocycles. The Bertz CT molecular complexity index is 717. The highest BCUT2D eigenvalue weighted by Crippen LogP contribution is 2.12.